The molecule has 4 rings (SSSR count). The molecule has 1 amide bonds. The number of hydrogen-bond donors (Lipinski definition) is 5. The van der Waals surface area contributed by atoms with Crippen LogP contribution in [0.1, 0.15) is 47.3 Å². The number of aryl methyl sites for hydroxylation is 1. The van der Waals surface area contributed by atoms with Gasteiger partial charge in [-0.1, -0.05) is 49.9 Å². The number of alkyl halides is 3. The summed E-state index contributed by atoms with van der Waals surface area (Å²) in [5.41, 5.74) is 12.5. The number of hydroxylamine groups is 1. The van der Waals surface area contributed by atoms with Gasteiger partial charge in [0.15, 0.2) is 11.6 Å². The Kier molecular flexibility index (Phi) is 16.2. The highest BCUT2D eigenvalue weighted by Crippen LogP contribution is 2.37. The number of thioether (sulfide) groups is 1. The predicted octanol–water partition coefficient (Wildman–Crippen LogP) is 8.46. The molecular weight excluding hydrogens is 684 g/mol. The maximum atomic E-state index is 14.1. The number of nitrogens with one attached hydrogen (secondary N) is 2. The minimum absolute atomic E-state index is 0.00558. The van der Waals surface area contributed by atoms with Gasteiger partial charge >= 0.3 is 6.18 Å². The van der Waals surface area contributed by atoms with Gasteiger partial charge in [0, 0.05) is 22.8 Å². The summed E-state index contributed by atoms with van der Waals surface area (Å²) in [5.74, 6) is -4.02. The van der Waals surface area contributed by atoms with Crippen molar-refractivity contribution in [1.82, 2.24) is 5.48 Å². The molecule has 0 aliphatic rings. The molecule has 4 aromatic carbocycles. The maximum Gasteiger partial charge on any atom is 0.417 e. The molecule has 0 heterocycles. The third-order valence-electron chi connectivity index (χ3n) is 6.26. The lowest BCUT2D eigenvalue weighted by atomic mass is 10.0. The molecule has 0 fully saturated rings. The van der Waals surface area contributed by atoms with E-state index < -0.39 is 40.8 Å². The molecule has 7 N–H and O–H groups in total. The molecule has 8 nitrogen and oxygen atoms in total. The van der Waals surface area contributed by atoms with Crippen LogP contribution in [0, 0.1) is 35.7 Å². The van der Waals surface area contributed by atoms with Crippen LogP contribution in [-0.4, -0.2) is 24.2 Å². The van der Waals surface area contributed by atoms with E-state index in [1.807, 2.05) is 13.8 Å². The first-order chi connectivity index (χ1) is 23.8. The lowest BCUT2D eigenvalue weighted by molar-refractivity contribution is -0.137. The summed E-state index contributed by atoms with van der Waals surface area (Å²) in [7, 11) is 0. The highest BCUT2D eigenvalue weighted by molar-refractivity contribution is 8.03. The van der Waals surface area contributed by atoms with Crippen LogP contribution in [0.2, 0.25) is 0 Å². The van der Waals surface area contributed by atoms with Crippen LogP contribution in [-0.2, 0) is 11.0 Å². The van der Waals surface area contributed by atoms with Gasteiger partial charge in [0.05, 0.1) is 39.7 Å². The number of allylic oxidation sites excluding steroid dienone is 1. The van der Waals surface area contributed by atoms with Gasteiger partial charge in [-0.15, -0.1) is 0 Å². The predicted molar refractivity (Wildman–Crippen MR) is 182 cm³/mol. The van der Waals surface area contributed by atoms with E-state index in [9.17, 15) is 36.4 Å². The van der Waals surface area contributed by atoms with Crippen molar-refractivity contribution in [1.29, 1.82) is 5.26 Å². The van der Waals surface area contributed by atoms with Gasteiger partial charge in [-0.05, 0) is 73.5 Å². The lowest BCUT2D eigenvalue weighted by Gasteiger charge is -2.14. The molecule has 0 saturated carbocycles. The fourth-order valence-corrected chi connectivity index (χ4v) is 4.72. The third-order valence-corrected chi connectivity index (χ3v) is 7.19. The van der Waals surface area contributed by atoms with E-state index in [1.165, 1.54) is 30.3 Å². The number of nitriles is 1. The fraction of sp³-hybridized carbons (Fsp3) is 0.200. The maximum absolute atomic E-state index is 14.1. The molecule has 0 saturated heterocycles. The van der Waals surface area contributed by atoms with Crippen molar-refractivity contribution in [2.24, 2.45) is 5.73 Å². The van der Waals surface area contributed by atoms with Crippen molar-refractivity contribution in [3.63, 3.8) is 0 Å². The molecule has 0 aliphatic heterocycles. The standard InChI is InChI=1S/C17H17F3N2O3.C16H12F3N3S.C2H6/c1-10-3-6-14(13(19)9-10)21-16-11(4-5-12(18)15(16)20)17(24)22-25-8-2-7-23;17-16(18,19)14-4-2-1-3-12(14)13(9-20)15(22)23-11-7-5-10(21)6-8-11;1-2/h3-6,9,21,23H,2,7-8H2,1H3,(H,22,24);1-8H,21-22H2;1-2H3/b;15-13+;. The van der Waals surface area contributed by atoms with Crippen molar-refractivity contribution < 1.29 is 41.1 Å². The van der Waals surface area contributed by atoms with Crippen molar-refractivity contribution in [3.05, 3.63) is 124 Å². The second-order valence-corrected chi connectivity index (χ2v) is 10.9. The van der Waals surface area contributed by atoms with E-state index in [0.29, 0.717) is 16.1 Å². The monoisotopic (exact) mass is 719 g/mol. The fourth-order valence-electron chi connectivity index (χ4n) is 3.94. The third kappa shape index (κ3) is 11.8. The first-order valence-corrected chi connectivity index (χ1v) is 15.7. The summed E-state index contributed by atoms with van der Waals surface area (Å²) in [5, 5.41) is 20.3. The topological polar surface area (TPSA) is 146 Å². The normalized spacial score (nSPS) is 11.1. The van der Waals surface area contributed by atoms with E-state index in [4.69, 9.17) is 21.4 Å². The summed E-state index contributed by atoms with van der Waals surface area (Å²) < 4.78 is 80.9. The molecular formula is C35H35F6N5O3S. The van der Waals surface area contributed by atoms with Gasteiger partial charge in [0.25, 0.3) is 5.91 Å². The van der Waals surface area contributed by atoms with Crippen molar-refractivity contribution in [3.8, 4) is 6.07 Å². The van der Waals surface area contributed by atoms with E-state index in [2.05, 4.69) is 10.8 Å². The molecule has 266 valence electrons. The SMILES string of the molecule is CC.Cc1ccc(Nc2c(C(=O)NOCCCO)ccc(F)c2F)c(F)c1.N#C/C(=C(/N)Sc1ccc(N)cc1)c1ccccc1C(F)(F)F. The lowest BCUT2D eigenvalue weighted by Crippen LogP contribution is -2.25. The van der Waals surface area contributed by atoms with Crippen LogP contribution in [0.4, 0.5) is 43.4 Å². The van der Waals surface area contributed by atoms with Gasteiger partial charge in [-0.2, -0.15) is 18.4 Å². The molecule has 0 spiro atoms. The summed E-state index contributed by atoms with van der Waals surface area (Å²) in [6, 6.07) is 19.3. The number of carbonyl (C=O) groups is 1. The average Bonchev–Trinajstić information content (AvgIpc) is 3.08. The van der Waals surface area contributed by atoms with Crippen molar-refractivity contribution in [2.75, 3.05) is 24.3 Å². The van der Waals surface area contributed by atoms with Crippen LogP contribution >= 0.6 is 11.8 Å². The molecule has 0 aromatic heterocycles. The number of amides is 1. The highest BCUT2D eigenvalue weighted by Gasteiger charge is 2.34. The first-order valence-electron chi connectivity index (χ1n) is 14.9. The van der Waals surface area contributed by atoms with E-state index in [1.54, 1.807) is 43.3 Å². The molecule has 0 unspecified atom stereocenters. The van der Waals surface area contributed by atoms with Crippen LogP contribution in [0.15, 0.2) is 88.8 Å². The van der Waals surface area contributed by atoms with E-state index in [-0.39, 0.29) is 47.1 Å². The Hall–Kier alpha value is -5.17. The number of nitrogens with two attached hydrogens (primary N) is 2. The summed E-state index contributed by atoms with van der Waals surface area (Å²) in [4.78, 5) is 17.6. The Morgan fingerprint density at radius 2 is 1.62 bits per heavy atom. The Morgan fingerprint density at radius 3 is 2.22 bits per heavy atom. The minimum Gasteiger partial charge on any atom is -0.399 e. The Bertz CT molecular complexity index is 1810. The second kappa shape index (κ2) is 19.7. The quantitative estimate of drug-likeness (QED) is 0.0274. The van der Waals surface area contributed by atoms with Crippen molar-refractivity contribution >= 4 is 40.3 Å². The van der Waals surface area contributed by atoms with Gasteiger partial charge < -0.3 is 21.9 Å². The smallest absolute Gasteiger partial charge is 0.399 e. The molecule has 0 bridgehead atoms. The van der Waals surface area contributed by atoms with Gasteiger partial charge in [0.2, 0.25) is 0 Å². The number of benzene rings is 4. The largest absolute Gasteiger partial charge is 0.417 e. The number of nitrogens with zero attached hydrogens (tertiary/aromatic N) is 1. The van der Waals surface area contributed by atoms with Crippen molar-refractivity contribution in [2.45, 2.75) is 38.3 Å². The van der Waals surface area contributed by atoms with Crippen LogP contribution in [0.5, 0.6) is 0 Å². The molecule has 0 aliphatic carbocycles. The first kappa shape index (κ1) is 41.0. The number of rotatable bonds is 10. The molecule has 50 heavy (non-hydrogen) atoms. The van der Waals surface area contributed by atoms with Crippen LogP contribution in [0.25, 0.3) is 5.57 Å². The van der Waals surface area contributed by atoms with Crippen LogP contribution < -0.4 is 22.3 Å². The zero-order valence-corrected chi connectivity index (χ0v) is 28.0. The number of aliphatic hydroxyl groups excluding tert-OH is 1. The Labute approximate surface area is 289 Å². The van der Waals surface area contributed by atoms with Gasteiger partial charge in [0.1, 0.15) is 11.9 Å². The zero-order valence-electron chi connectivity index (χ0n) is 27.2. The number of carbonyl (C=O) groups excluding carboxylic acids is 1. The zero-order chi connectivity index (χ0) is 37.4. The molecule has 0 atom stereocenters. The summed E-state index contributed by atoms with van der Waals surface area (Å²) in [6.07, 6.45) is -4.28. The Morgan fingerprint density at radius 1 is 0.960 bits per heavy atom. The number of hydrogen-bond acceptors (Lipinski definition) is 8. The number of halogens is 6. The van der Waals surface area contributed by atoms with Gasteiger partial charge in [-0.25, -0.2) is 18.7 Å². The Balaban J connectivity index is 0.000000331. The minimum atomic E-state index is -4.56. The van der Waals surface area contributed by atoms with E-state index in [0.717, 1.165) is 30.0 Å². The number of nitrogen functional groups attached to an aromatic ring is 1. The van der Waals surface area contributed by atoms with Crippen LogP contribution in [0.3, 0.4) is 0 Å². The second-order valence-electron chi connectivity index (χ2n) is 9.81. The summed E-state index contributed by atoms with van der Waals surface area (Å²) in [6.45, 7) is 5.60. The molecule has 0 radical (unpaired) electrons. The van der Waals surface area contributed by atoms with E-state index >= 15 is 0 Å². The summed E-state index contributed by atoms with van der Waals surface area (Å²) >= 11 is 1.01. The van der Waals surface area contributed by atoms with Gasteiger partial charge in [-0.3, -0.25) is 9.63 Å². The molecule has 4 aromatic rings. The highest BCUT2D eigenvalue weighted by atomic mass is 32.2. The number of aliphatic hydroxyl groups is 1. The average molecular weight is 720 g/mol. The molecule has 15 heteroatoms. The number of anilines is 3.